The molecule has 1 amide bonds. The number of carbonyl (C=O) groups is 2. The predicted molar refractivity (Wildman–Crippen MR) is 89.5 cm³/mol. The molecule has 0 aliphatic carbocycles. The number of nitrogens with zero attached hydrogens (tertiary/aromatic N) is 1. The molecule has 1 aromatic carbocycles. The number of methoxy groups -OCH3 is 1. The Morgan fingerprint density at radius 2 is 1.87 bits per heavy atom. The van der Waals surface area contributed by atoms with Gasteiger partial charge in [-0.25, -0.2) is 0 Å². The molecule has 0 aliphatic heterocycles. The van der Waals surface area contributed by atoms with Gasteiger partial charge in [0, 0.05) is 31.8 Å². The third-order valence-corrected chi connectivity index (χ3v) is 3.54. The van der Waals surface area contributed by atoms with Crippen LogP contribution in [0.1, 0.15) is 25.3 Å². The summed E-state index contributed by atoms with van der Waals surface area (Å²) in [7, 11) is 1.62. The summed E-state index contributed by atoms with van der Waals surface area (Å²) in [4.78, 5) is 25.6. The van der Waals surface area contributed by atoms with E-state index in [4.69, 9.17) is 21.1 Å². The molecule has 0 aromatic heterocycles. The number of carbonyl (C=O) groups excluding carboxylic acids is 2. The van der Waals surface area contributed by atoms with Gasteiger partial charge in [-0.2, -0.15) is 0 Å². The molecule has 1 rings (SSSR count). The highest BCUT2D eigenvalue weighted by Gasteiger charge is 2.15. The molecule has 0 heterocycles. The summed E-state index contributed by atoms with van der Waals surface area (Å²) in [5.41, 5.74) is 0.896. The van der Waals surface area contributed by atoms with Gasteiger partial charge in [0.25, 0.3) is 0 Å². The monoisotopic (exact) mass is 341 g/mol. The van der Waals surface area contributed by atoms with Crippen LogP contribution in [-0.4, -0.2) is 50.2 Å². The number of rotatable bonds is 10. The fourth-order valence-corrected chi connectivity index (χ4v) is 2.24. The summed E-state index contributed by atoms with van der Waals surface area (Å²) in [5.74, 6) is -0.309. The van der Waals surface area contributed by atoms with Gasteiger partial charge in [0.2, 0.25) is 5.91 Å². The summed E-state index contributed by atoms with van der Waals surface area (Å²) in [5, 5.41) is 0.639. The lowest BCUT2D eigenvalue weighted by Gasteiger charge is -2.22. The number of amides is 1. The molecule has 128 valence electrons. The SMILES string of the molecule is CCOC(=O)CCN(CCCOC)C(=O)Cc1ccc(Cl)cc1. The minimum Gasteiger partial charge on any atom is -0.466 e. The second-order valence-electron chi connectivity index (χ2n) is 5.09. The zero-order chi connectivity index (χ0) is 17.1. The van der Waals surface area contributed by atoms with Gasteiger partial charge in [0.1, 0.15) is 0 Å². The van der Waals surface area contributed by atoms with Crippen molar-refractivity contribution in [1.82, 2.24) is 4.90 Å². The lowest BCUT2D eigenvalue weighted by molar-refractivity contribution is -0.144. The van der Waals surface area contributed by atoms with E-state index in [2.05, 4.69) is 0 Å². The first kappa shape index (κ1) is 19.5. The quantitative estimate of drug-likeness (QED) is 0.485. The van der Waals surface area contributed by atoms with Gasteiger partial charge in [-0.15, -0.1) is 0 Å². The Morgan fingerprint density at radius 1 is 1.17 bits per heavy atom. The second-order valence-corrected chi connectivity index (χ2v) is 5.52. The number of hydrogen-bond acceptors (Lipinski definition) is 4. The van der Waals surface area contributed by atoms with Crippen LogP contribution in [0.2, 0.25) is 5.02 Å². The largest absolute Gasteiger partial charge is 0.466 e. The summed E-state index contributed by atoms with van der Waals surface area (Å²) < 4.78 is 9.94. The average Bonchev–Trinajstić information content (AvgIpc) is 2.53. The van der Waals surface area contributed by atoms with Gasteiger partial charge in [-0.05, 0) is 31.0 Å². The molecular formula is C17H24ClNO4. The average molecular weight is 342 g/mol. The second kappa shape index (κ2) is 11.0. The summed E-state index contributed by atoms with van der Waals surface area (Å²) in [6, 6.07) is 7.19. The normalized spacial score (nSPS) is 10.4. The smallest absolute Gasteiger partial charge is 0.307 e. The third-order valence-electron chi connectivity index (χ3n) is 3.29. The zero-order valence-electron chi connectivity index (χ0n) is 13.7. The van der Waals surface area contributed by atoms with Crippen molar-refractivity contribution in [1.29, 1.82) is 0 Å². The van der Waals surface area contributed by atoms with Crippen LogP contribution < -0.4 is 0 Å². The lowest BCUT2D eigenvalue weighted by Crippen LogP contribution is -2.35. The molecular weight excluding hydrogens is 318 g/mol. The zero-order valence-corrected chi connectivity index (χ0v) is 14.5. The van der Waals surface area contributed by atoms with Crippen LogP contribution >= 0.6 is 11.6 Å². The van der Waals surface area contributed by atoms with Crippen molar-refractivity contribution in [3.8, 4) is 0 Å². The Morgan fingerprint density at radius 3 is 2.48 bits per heavy atom. The molecule has 0 fully saturated rings. The molecule has 23 heavy (non-hydrogen) atoms. The molecule has 0 aliphatic rings. The topological polar surface area (TPSA) is 55.8 Å². The van der Waals surface area contributed by atoms with E-state index in [-0.39, 0.29) is 24.7 Å². The lowest BCUT2D eigenvalue weighted by atomic mass is 10.1. The van der Waals surface area contributed by atoms with Gasteiger partial charge in [0.05, 0.1) is 19.4 Å². The summed E-state index contributed by atoms with van der Waals surface area (Å²) in [6.45, 7) is 3.60. The molecule has 0 bridgehead atoms. The van der Waals surface area contributed by atoms with E-state index >= 15 is 0 Å². The molecule has 0 atom stereocenters. The van der Waals surface area contributed by atoms with E-state index in [1.807, 2.05) is 12.1 Å². The van der Waals surface area contributed by atoms with Crippen LogP contribution in [0.15, 0.2) is 24.3 Å². The van der Waals surface area contributed by atoms with Gasteiger partial charge in [-0.1, -0.05) is 23.7 Å². The third kappa shape index (κ3) is 8.00. The minimum atomic E-state index is -0.288. The first-order valence-electron chi connectivity index (χ1n) is 7.73. The van der Waals surface area contributed by atoms with Crippen LogP contribution in [0, 0.1) is 0 Å². The first-order valence-corrected chi connectivity index (χ1v) is 8.11. The molecule has 5 nitrogen and oxygen atoms in total. The van der Waals surface area contributed by atoms with E-state index in [1.54, 1.807) is 31.1 Å². The van der Waals surface area contributed by atoms with Crippen LogP contribution in [0.25, 0.3) is 0 Å². The molecule has 0 spiro atoms. The highest BCUT2D eigenvalue weighted by molar-refractivity contribution is 6.30. The molecule has 0 N–H and O–H groups in total. The van der Waals surface area contributed by atoms with Gasteiger partial charge < -0.3 is 14.4 Å². The van der Waals surface area contributed by atoms with Gasteiger partial charge in [0.15, 0.2) is 0 Å². The van der Waals surface area contributed by atoms with E-state index < -0.39 is 0 Å². The number of benzene rings is 1. The van der Waals surface area contributed by atoms with E-state index in [0.29, 0.717) is 31.3 Å². The van der Waals surface area contributed by atoms with Crippen molar-refractivity contribution in [3.05, 3.63) is 34.9 Å². The maximum Gasteiger partial charge on any atom is 0.307 e. The van der Waals surface area contributed by atoms with E-state index in [9.17, 15) is 9.59 Å². The predicted octanol–water partition coefficient (Wildman–Crippen LogP) is 2.70. The van der Waals surface area contributed by atoms with Crippen LogP contribution in [0.5, 0.6) is 0 Å². The van der Waals surface area contributed by atoms with Crippen LogP contribution in [0.3, 0.4) is 0 Å². The Bertz CT molecular complexity index is 490. The van der Waals surface area contributed by atoms with Crippen molar-refractivity contribution in [2.45, 2.75) is 26.2 Å². The Hall–Kier alpha value is -1.59. The first-order chi connectivity index (χ1) is 11.1. The summed E-state index contributed by atoms with van der Waals surface area (Å²) in [6.07, 6.45) is 1.21. The molecule has 0 saturated carbocycles. The van der Waals surface area contributed by atoms with Crippen molar-refractivity contribution < 1.29 is 19.1 Å². The molecule has 0 radical (unpaired) electrons. The highest BCUT2D eigenvalue weighted by atomic mass is 35.5. The molecule has 0 unspecified atom stereocenters. The number of hydrogen-bond donors (Lipinski definition) is 0. The molecule has 0 saturated heterocycles. The van der Waals surface area contributed by atoms with Gasteiger partial charge in [-0.3, -0.25) is 9.59 Å². The molecule has 6 heteroatoms. The number of esters is 1. The van der Waals surface area contributed by atoms with Crippen LogP contribution in [0.4, 0.5) is 0 Å². The maximum atomic E-state index is 12.5. The van der Waals surface area contributed by atoms with E-state index in [1.165, 1.54) is 0 Å². The van der Waals surface area contributed by atoms with Crippen molar-refractivity contribution >= 4 is 23.5 Å². The maximum absolute atomic E-state index is 12.5. The Labute approximate surface area is 142 Å². The fourth-order valence-electron chi connectivity index (χ4n) is 2.11. The highest BCUT2D eigenvalue weighted by Crippen LogP contribution is 2.11. The van der Waals surface area contributed by atoms with E-state index in [0.717, 1.165) is 12.0 Å². The number of ether oxygens (including phenoxy) is 2. The Kier molecular flexibility index (Phi) is 9.33. The minimum absolute atomic E-state index is 0.0206. The fraction of sp³-hybridized carbons (Fsp3) is 0.529. The van der Waals surface area contributed by atoms with Gasteiger partial charge >= 0.3 is 5.97 Å². The van der Waals surface area contributed by atoms with Crippen molar-refractivity contribution in [2.75, 3.05) is 33.4 Å². The van der Waals surface area contributed by atoms with Crippen LogP contribution in [-0.2, 0) is 25.5 Å². The number of halogens is 1. The Balaban J connectivity index is 2.59. The summed E-state index contributed by atoms with van der Waals surface area (Å²) >= 11 is 5.85. The standard InChI is InChI=1S/C17H24ClNO4/c1-3-23-17(21)9-11-19(10-4-12-22-2)16(20)13-14-5-7-15(18)8-6-14/h5-8H,3-4,9-13H2,1-2H3. The molecule has 1 aromatic rings. The van der Waals surface area contributed by atoms with Crippen molar-refractivity contribution in [2.24, 2.45) is 0 Å². The van der Waals surface area contributed by atoms with Crippen molar-refractivity contribution in [3.63, 3.8) is 0 Å².